The van der Waals surface area contributed by atoms with Gasteiger partial charge in [-0.25, -0.2) is 9.79 Å². The van der Waals surface area contributed by atoms with Crippen molar-refractivity contribution in [3.8, 4) is 0 Å². The highest BCUT2D eigenvalue weighted by molar-refractivity contribution is 9.10. The molecule has 0 atom stereocenters. The Morgan fingerprint density at radius 3 is 2.36 bits per heavy atom. The molecular weight excluding hydrogens is 486 g/mol. The largest absolute Gasteiger partial charge is 0.444 e. The van der Waals surface area contributed by atoms with Crippen LogP contribution in [0, 0.1) is 0 Å². The summed E-state index contributed by atoms with van der Waals surface area (Å²) >= 11 is 3.76. The Morgan fingerprint density at radius 2 is 1.76 bits per heavy atom. The number of rotatable bonds is 2. The van der Waals surface area contributed by atoms with E-state index in [9.17, 15) is 4.79 Å². The lowest BCUT2D eigenvalue weighted by molar-refractivity contribution is 0.0240. The zero-order valence-corrected chi connectivity index (χ0v) is 21.3. The Morgan fingerprint density at radius 1 is 1.09 bits per heavy atom. The first-order chi connectivity index (χ1) is 15.6. The van der Waals surface area contributed by atoms with Crippen LogP contribution in [-0.2, 0) is 4.74 Å². The maximum absolute atomic E-state index is 12.4. The number of benzene rings is 1. The van der Waals surface area contributed by atoms with Crippen molar-refractivity contribution in [2.45, 2.75) is 64.1 Å². The van der Waals surface area contributed by atoms with Gasteiger partial charge in [0.25, 0.3) is 0 Å². The summed E-state index contributed by atoms with van der Waals surface area (Å²) < 4.78 is 6.47. The number of nitrogens with zero attached hydrogens (tertiary/aromatic N) is 5. The van der Waals surface area contributed by atoms with Crippen molar-refractivity contribution in [1.29, 1.82) is 0 Å². The third-order valence-electron chi connectivity index (χ3n) is 6.31. The fourth-order valence-corrected chi connectivity index (χ4v) is 5.46. The molecule has 1 aromatic carbocycles. The second-order valence-electron chi connectivity index (χ2n) is 9.91. The van der Waals surface area contributed by atoms with E-state index in [1.165, 1.54) is 6.42 Å². The molecule has 1 saturated carbocycles. The molecule has 0 unspecified atom stereocenters. The molecule has 180 valence electrons. The number of hydrogen-bond donors (Lipinski definition) is 2. The molecule has 1 saturated heterocycles. The number of guanidine groups is 2. The molecule has 1 spiro atoms. The number of halogens is 1. The van der Waals surface area contributed by atoms with E-state index in [0.717, 1.165) is 54.6 Å². The van der Waals surface area contributed by atoms with Gasteiger partial charge in [-0.3, -0.25) is 4.90 Å². The maximum Gasteiger partial charge on any atom is 0.410 e. The number of carbonyl (C=O) groups is 1. The number of piperazine rings is 1. The molecule has 1 aliphatic carbocycles. The van der Waals surface area contributed by atoms with E-state index in [0.29, 0.717) is 19.0 Å². The Balaban J connectivity index is 1.50. The lowest BCUT2D eigenvalue weighted by atomic mass is 9.87. The van der Waals surface area contributed by atoms with E-state index in [-0.39, 0.29) is 12.1 Å². The predicted molar refractivity (Wildman–Crippen MR) is 136 cm³/mol. The fourth-order valence-electron chi connectivity index (χ4n) is 4.84. The molecule has 10 heteroatoms. The van der Waals surface area contributed by atoms with Crippen LogP contribution in [0.15, 0.2) is 32.7 Å². The van der Waals surface area contributed by atoms with Gasteiger partial charge in [-0.2, -0.15) is 4.99 Å². The van der Waals surface area contributed by atoms with Crippen molar-refractivity contribution in [2.75, 3.05) is 36.0 Å². The number of aliphatic imine (C=N–C) groups is 2. The van der Waals surface area contributed by atoms with Crippen molar-refractivity contribution in [3.05, 3.63) is 22.7 Å². The van der Waals surface area contributed by atoms with Crippen molar-refractivity contribution in [1.82, 2.24) is 4.90 Å². The van der Waals surface area contributed by atoms with Crippen LogP contribution in [0.3, 0.4) is 0 Å². The summed E-state index contributed by atoms with van der Waals surface area (Å²) in [6.07, 6.45) is 4.91. The van der Waals surface area contributed by atoms with Crippen LogP contribution in [0.4, 0.5) is 16.2 Å². The molecule has 1 amide bonds. The normalized spacial score (nSPS) is 21.0. The second kappa shape index (κ2) is 9.04. The molecule has 0 bridgehead atoms. The molecule has 1 aromatic rings. The monoisotopic (exact) mass is 519 g/mol. The number of hydrogen-bond acceptors (Lipinski definition) is 8. The topological polar surface area (TPSA) is 113 Å². The van der Waals surface area contributed by atoms with Crippen LogP contribution < -0.4 is 21.3 Å². The lowest BCUT2D eigenvalue weighted by Crippen LogP contribution is -2.58. The summed E-state index contributed by atoms with van der Waals surface area (Å²) in [5.74, 6) is 0.638. The quantitative estimate of drug-likeness (QED) is 0.616. The highest BCUT2D eigenvalue weighted by Gasteiger charge is 2.42. The number of carbonyl (C=O) groups excluding carboxylic acids is 1. The summed E-state index contributed by atoms with van der Waals surface area (Å²) in [5, 5.41) is 0. The van der Waals surface area contributed by atoms with Gasteiger partial charge in [0.2, 0.25) is 11.9 Å². The van der Waals surface area contributed by atoms with Gasteiger partial charge >= 0.3 is 6.09 Å². The van der Waals surface area contributed by atoms with Crippen LogP contribution in [0.25, 0.3) is 0 Å². The van der Waals surface area contributed by atoms with Crippen LogP contribution in [-0.4, -0.2) is 60.4 Å². The van der Waals surface area contributed by atoms with Crippen molar-refractivity contribution >= 4 is 45.3 Å². The zero-order chi connectivity index (χ0) is 23.8. The molecule has 2 fully saturated rings. The molecule has 2 aliphatic heterocycles. The third kappa shape index (κ3) is 5.05. The van der Waals surface area contributed by atoms with Gasteiger partial charge in [0.1, 0.15) is 11.3 Å². The van der Waals surface area contributed by atoms with E-state index < -0.39 is 11.3 Å². The van der Waals surface area contributed by atoms with Crippen LogP contribution in [0.2, 0.25) is 0 Å². The molecule has 0 radical (unpaired) electrons. The van der Waals surface area contributed by atoms with E-state index >= 15 is 0 Å². The van der Waals surface area contributed by atoms with Crippen molar-refractivity contribution in [3.63, 3.8) is 0 Å². The Bertz CT molecular complexity index is 958. The van der Waals surface area contributed by atoms with E-state index in [2.05, 4.69) is 44.0 Å². The predicted octanol–water partition coefficient (Wildman–Crippen LogP) is 3.62. The summed E-state index contributed by atoms with van der Waals surface area (Å²) in [6.45, 7) is 8.35. The molecule has 2 heterocycles. The van der Waals surface area contributed by atoms with Gasteiger partial charge in [0, 0.05) is 36.3 Å². The molecule has 0 aromatic heterocycles. The molecular formula is C23H34BrN7O2. The number of amides is 1. The summed E-state index contributed by atoms with van der Waals surface area (Å²) in [4.78, 5) is 27.5. The SMILES string of the molecule is CC(C)(C)OC(=O)N1CCN(c2ccc(N3C(N)=NC(N)=NC34CCCCC4)cc2Br)CC1. The standard InChI is InChI=1S/C23H34BrN7O2/c1-22(2,3)33-21(32)30-13-11-29(12-14-30)18-8-7-16(15-17(18)24)31-20(26)27-19(25)28-23(31)9-5-4-6-10-23/h7-8,15H,4-6,9-14H2,1-3H3,(H4,25,26,27,28). The van der Waals surface area contributed by atoms with Crippen LogP contribution in [0.1, 0.15) is 52.9 Å². The summed E-state index contributed by atoms with van der Waals surface area (Å²) in [5.41, 5.74) is 13.4. The van der Waals surface area contributed by atoms with Gasteiger partial charge < -0.3 is 26.0 Å². The average Bonchev–Trinajstić information content (AvgIpc) is 2.73. The first kappa shape index (κ1) is 23.7. The van der Waals surface area contributed by atoms with Gasteiger partial charge in [-0.15, -0.1) is 0 Å². The minimum atomic E-state index is -0.489. The van der Waals surface area contributed by atoms with Crippen molar-refractivity contribution in [2.24, 2.45) is 21.5 Å². The Labute approximate surface area is 204 Å². The number of ether oxygens (including phenoxy) is 1. The molecule has 4 N–H and O–H groups in total. The first-order valence-electron chi connectivity index (χ1n) is 11.6. The molecule has 9 nitrogen and oxygen atoms in total. The molecule has 4 rings (SSSR count). The average molecular weight is 520 g/mol. The van der Waals surface area contributed by atoms with Gasteiger partial charge in [-0.05, 0) is 80.6 Å². The zero-order valence-electron chi connectivity index (χ0n) is 19.7. The lowest BCUT2D eigenvalue weighted by Gasteiger charge is -2.45. The van der Waals surface area contributed by atoms with Crippen LogP contribution >= 0.6 is 15.9 Å². The highest BCUT2D eigenvalue weighted by Crippen LogP contribution is 2.41. The Kier molecular flexibility index (Phi) is 6.48. The summed E-state index contributed by atoms with van der Waals surface area (Å²) in [7, 11) is 0. The van der Waals surface area contributed by atoms with Crippen LogP contribution in [0.5, 0.6) is 0 Å². The van der Waals surface area contributed by atoms with E-state index in [1.807, 2.05) is 25.7 Å². The maximum atomic E-state index is 12.4. The second-order valence-corrected chi connectivity index (χ2v) is 10.8. The van der Waals surface area contributed by atoms with Crippen molar-refractivity contribution < 1.29 is 9.53 Å². The fraction of sp³-hybridized carbons (Fsp3) is 0.609. The number of anilines is 2. The van der Waals surface area contributed by atoms with Gasteiger partial charge in [0.05, 0.1) is 5.69 Å². The van der Waals surface area contributed by atoms with E-state index in [4.69, 9.17) is 21.2 Å². The highest BCUT2D eigenvalue weighted by atomic mass is 79.9. The smallest absolute Gasteiger partial charge is 0.410 e. The van der Waals surface area contributed by atoms with E-state index in [1.54, 1.807) is 4.90 Å². The minimum absolute atomic E-state index is 0.254. The summed E-state index contributed by atoms with van der Waals surface area (Å²) in [6, 6.07) is 6.23. The number of nitrogens with two attached hydrogens (primary N) is 2. The third-order valence-corrected chi connectivity index (χ3v) is 6.95. The Hall–Kier alpha value is -2.49. The molecule has 33 heavy (non-hydrogen) atoms. The minimum Gasteiger partial charge on any atom is -0.444 e. The van der Waals surface area contributed by atoms with Gasteiger partial charge in [-0.1, -0.05) is 6.42 Å². The first-order valence-corrected chi connectivity index (χ1v) is 12.4. The van der Waals surface area contributed by atoms with Gasteiger partial charge in [0.15, 0.2) is 0 Å². The molecule has 3 aliphatic rings.